The number of allylic oxidation sites excluding steroid dienone is 1. The third-order valence-electron chi connectivity index (χ3n) is 1.37. The van der Waals surface area contributed by atoms with Crippen LogP contribution >= 0.6 is 0 Å². The number of rotatable bonds is 5. The van der Waals surface area contributed by atoms with Crippen LogP contribution in [0.1, 0.15) is 26.7 Å². The normalized spacial score (nSPS) is 11.0. The summed E-state index contributed by atoms with van der Waals surface area (Å²) in [6.45, 7) is 3.58. The van der Waals surface area contributed by atoms with Gasteiger partial charge in [0.15, 0.2) is 0 Å². The molecular weight excluding hydrogens is 156 g/mol. The van der Waals surface area contributed by atoms with E-state index in [1.165, 1.54) is 6.92 Å². The summed E-state index contributed by atoms with van der Waals surface area (Å²) in [6, 6.07) is 0. The van der Waals surface area contributed by atoms with E-state index in [2.05, 4.69) is 4.74 Å². The second kappa shape index (κ2) is 6.58. The number of ether oxygens (including phenoxy) is 1. The fraction of sp³-hybridized carbons (Fsp3) is 0.556. The molecule has 0 radical (unpaired) electrons. The molecule has 0 aliphatic heterocycles. The number of carbonyl (C=O) groups is 2. The van der Waals surface area contributed by atoms with Gasteiger partial charge in [0.2, 0.25) is 0 Å². The van der Waals surface area contributed by atoms with Gasteiger partial charge in [-0.05, 0) is 19.4 Å². The molecule has 3 nitrogen and oxygen atoms in total. The number of aldehydes is 1. The predicted octanol–water partition coefficient (Wildman–Crippen LogP) is 1.47. The molecule has 0 saturated carbocycles. The first-order chi connectivity index (χ1) is 5.66. The van der Waals surface area contributed by atoms with Gasteiger partial charge in [0.25, 0.3) is 0 Å². The molecule has 0 N–H and O–H groups in total. The maximum absolute atomic E-state index is 10.3. The Kier molecular flexibility index (Phi) is 5.97. The van der Waals surface area contributed by atoms with Crippen LogP contribution in [0.15, 0.2) is 11.6 Å². The molecule has 0 aromatic heterocycles. The molecule has 12 heavy (non-hydrogen) atoms. The van der Waals surface area contributed by atoms with Crippen LogP contribution in [0.3, 0.4) is 0 Å². The largest absolute Gasteiger partial charge is 0.462 e. The Bertz CT molecular complexity index is 182. The van der Waals surface area contributed by atoms with Crippen molar-refractivity contribution in [2.24, 2.45) is 0 Å². The summed E-state index contributed by atoms with van der Waals surface area (Å²) in [5, 5.41) is 0. The highest BCUT2D eigenvalue weighted by molar-refractivity contribution is 5.66. The van der Waals surface area contributed by atoms with E-state index in [-0.39, 0.29) is 5.97 Å². The zero-order chi connectivity index (χ0) is 9.40. The van der Waals surface area contributed by atoms with E-state index >= 15 is 0 Å². The van der Waals surface area contributed by atoms with Gasteiger partial charge in [-0.2, -0.15) is 0 Å². The van der Waals surface area contributed by atoms with E-state index < -0.39 is 0 Å². The number of carbonyl (C=O) groups excluding carboxylic acids is 2. The van der Waals surface area contributed by atoms with Crippen molar-refractivity contribution < 1.29 is 14.3 Å². The van der Waals surface area contributed by atoms with Crippen molar-refractivity contribution in [3.8, 4) is 0 Å². The molecule has 0 rings (SSSR count). The van der Waals surface area contributed by atoms with Gasteiger partial charge in [0.05, 0.1) is 0 Å². The maximum atomic E-state index is 10.3. The summed E-state index contributed by atoms with van der Waals surface area (Å²) in [6.07, 6.45) is 3.96. The lowest BCUT2D eigenvalue weighted by Gasteiger charge is -1.98. The standard InChI is InChI=1S/C9H14O3/c1-8(4-3-6-10)5-7-12-9(2)11/h5-6H,3-4,7H2,1-2H3/b8-5-. The van der Waals surface area contributed by atoms with E-state index in [9.17, 15) is 9.59 Å². The topological polar surface area (TPSA) is 43.4 Å². The number of hydrogen-bond acceptors (Lipinski definition) is 3. The molecule has 0 atom stereocenters. The summed E-state index contributed by atoms with van der Waals surface area (Å²) in [5.41, 5.74) is 1.07. The molecule has 0 bridgehead atoms. The quantitative estimate of drug-likeness (QED) is 0.356. The fourth-order valence-corrected chi connectivity index (χ4v) is 0.690. The van der Waals surface area contributed by atoms with Crippen molar-refractivity contribution in [3.63, 3.8) is 0 Å². The van der Waals surface area contributed by atoms with Crippen LogP contribution in [0, 0.1) is 0 Å². The summed E-state index contributed by atoms with van der Waals surface area (Å²) in [4.78, 5) is 20.3. The molecule has 68 valence electrons. The molecule has 0 fully saturated rings. The average molecular weight is 170 g/mol. The van der Waals surface area contributed by atoms with Crippen molar-refractivity contribution in [3.05, 3.63) is 11.6 Å². The van der Waals surface area contributed by atoms with Crippen LogP contribution < -0.4 is 0 Å². The Morgan fingerprint density at radius 3 is 2.58 bits per heavy atom. The van der Waals surface area contributed by atoms with Crippen molar-refractivity contribution in [1.82, 2.24) is 0 Å². The Labute approximate surface area is 72.4 Å². The smallest absolute Gasteiger partial charge is 0.302 e. The predicted molar refractivity (Wildman–Crippen MR) is 45.7 cm³/mol. The van der Waals surface area contributed by atoms with Gasteiger partial charge in [-0.3, -0.25) is 4.79 Å². The molecular formula is C9H14O3. The second-order valence-electron chi connectivity index (χ2n) is 2.56. The third-order valence-corrected chi connectivity index (χ3v) is 1.37. The third kappa shape index (κ3) is 6.99. The molecule has 0 aromatic rings. The van der Waals surface area contributed by atoms with Crippen molar-refractivity contribution in [2.45, 2.75) is 26.7 Å². The molecule has 0 spiro atoms. The molecule has 0 aliphatic carbocycles. The lowest BCUT2D eigenvalue weighted by atomic mass is 10.2. The summed E-state index contributed by atoms with van der Waals surface area (Å²) < 4.78 is 4.69. The van der Waals surface area contributed by atoms with Crippen molar-refractivity contribution >= 4 is 12.3 Å². The first-order valence-corrected chi connectivity index (χ1v) is 3.89. The summed E-state index contributed by atoms with van der Waals surface area (Å²) in [5.74, 6) is -0.283. The van der Waals surface area contributed by atoms with Crippen LogP contribution in [-0.4, -0.2) is 18.9 Å². The summed E-state index contributed by atoms with van der Waals surface area (Å²) in [7, 11) is 0. The lowest BCUT2D eigenvalue weighted by Crippen LogP contribution is -1.98. The average Bonchev–Trinajstić information content (AvgIpc) is 2.00. The maximum Gasteiger partial charge on any atom is 0.302 e. The van der Waals surface area contributed by atoms with Crippen molar-refractivity contribution in [1.29, 1.82) is 0 Å². The van der Waals surface area contributed by atoms with E-state index in [1.807, 2.05) is 13.0 Å². The Balaban J connectivity index is 3.53. The van der Waals surface area contributed by atoms with Gasteiger partial charge in [0, 0.05) is 13.3 Å². The van der Waals surface area contributed by atoms with Crippen LogP contribution in [0.25, 0.3) is 0 Å². The molecule has 0 aliphatic rings. The number of esters is 1. The van der Waals surface area contributed by atoms with Gasteiger partial charge >= 0.3 is 5.97 Å². The van der Waals surface area contributed by atoms with E-state index in [4.69, 9.17) is 0 Å². The lowest BCUT2D eigenvalue weighted by molar-refractivity contribution is -0.139. The fourth-order valence-electron chi connectivity index (χ4n) is 0.690. The highest BCUT2D eigenvalue weighted by Crippen LogP contribution is 2.01. The van der Waals surface area contributed by atoms with Gasteiger partial charge in [0.1, 0.15) is 12.9 Å². The second-order valence-corrected chi connectivity index (χ2v) is 2.56. The minimum absolute atomic E-state index is 0.283. The minimum atomic E-state index is -0.283. The molecule has 0 unspecified atom stereocenters. The van der Waals surface area contributed by atoms with E-state index in [1.54, 1.807) is 0 Å². The first-order valence-electron chi connectivity index (χ1n) is 3.89. The van der Waals surface area contributed by atoms with Crippen LogP contribution in [0.5, 0.6) is 0 Å². The Morgan fingerprint density at radius 2 is 2.08 bits per heavy atom. The van der Waals surface area contributed by atoms with Crippen LogP contribution in [-0.2, 0) is 14.3 Å². The minimum Gasteiger partial charge on any atom is -0.462 e. The molecule has 0 amide bonds. The SMILES string of the molecule is CC(=O)OC/C=C(/C)CCC=O. The highest BCUT2D eigenvalue weighted by Gasteiger charge is 1.91. The molecule has 0 aromatic carbocycles. The Morgan fingerprint density at radius 1 is 1.42 bits per heavy atom. The van der Waals surface area contributed by atoms with Gasteiger partial charge in [-0.1, -0.05) is 5.57 Å². The monoisotopic (exact) mass is 170 g/mol. The van der Waals surface area contributed by atoms with Crippen LogP contribution in [0.4, 0.5) is 0 Å². The van der Waals surface area contributed by atoms with Gasteiger partial charge in [-0.25, -0.2) is 0 Å². The van der Waals surface area contributed by atoms with E-state index in [0.717, 1.165) is 18.3 Å². The zero-order valence-electron chi connectivity index (χ0n) is 7.50. The zero-order valence-corrected chi connectivity index (χ0v) is 7.50. The first kappa shape index (κ1) is 10.9. The summed E-state index contributed by atoms with van der Waals surface area (Å²) >= 11 is 0. The van der Waals surface area contributed by atoms with E-state index in [0.29, 0.717) is 13.0 Å². The highest BCUT2D eigenvalue weighted by atomic mass is 16.5. The molecule has 0 heterocycles. The van der Waals surface area contributed by atoms with Crippen molar-refractivity contribution in [2.75, 3.05) is 6.61 Å². The van der Waals surface area contributed by atoms with Gasteiger partial charge in [-0.15, -0.1) is 0 Å². The van der Waals surface area contributed by atoms with Crippen LogP contribution in [0.2, 0.25) is 0 Å². The number of hydrogen-bond donors (Lipinski definition) is 0. The Hall–Kier alpha value is -1.12. The molecule has 3 heteroatoms. The van der Waals surface area contributed by atoms with Gasteiger partial charge < -0.3 is 9.53 Å². The molecule has 0 saturated heterocycles.